The van der Waals surface area contributed by atoms with Gasteiger partial charge < -0.3 is 35.1 Å². The van der Waals surface area contributed by atoms with Gasteiger partial charge in [0.15, 0.2) is 0 Å². The van der Waals surface area contributed by atoms with Crippen molar-refractivity contribution in [3.8, 4) is 0 Å². The van der Waals surface area contributed by atoms with E-state index in [-0.39, 0.29) is 23.8 Å². The smallest absolute Gasteiger partial charge is 0.310 e. The fourth-order valence-corrected chi connectivity index (χ4v) is 4.83. The van der Waals surface area contributed by atoms with Crippen LogP contribution < -0.4 is 10.6 Å². The number of para-hydroxylation sites is 2. The van der Waals surface area contributed by atoms with Gasteiger partial charge in [0.25, 0.3) is 0 Å². The number of aliphatic hydroxyl groups is 1. The van der Waals surface area contributed by atoms with Crippen molar-refractivity contribution in [2.45, 2.75) is 38.5 Å². The second-order valence-electron chi connectivity index (χ2n) is 9.23. The summed E-state index contributed by atoms with van der Waals surface area (Å²) in [6, 6.07) is 13.7. The van der Waals surface area contributed by atoms with Crippen LogP contribution in [0.1, 0.15) is 30.8 Å². The Hall–Kier alpha value is -4.00. The van der Waals surface area contributed by atoms with Gasteiger partial charge in [-0.1, -0.05) is 12.1 Å². The van der Waals surface area contributed by atoms with Gasteiger partial charge in [0, 0.05) is 31.9 Å². The number of benzene rings is 1. The standard InChI is InChI=1S/C26H31N7O4.H2O/c34-18-21-8-7-20(37-21)17-32-24-6-2-1-5-23(24)30-26(32)29-19-4-3-13-31(14-10-19)15-12-28-22-9-11-27-16-25(22)33(35)36;/h1-2,5-9,11,16,19,34H,3-4,10,12-15,17-18H2,(H,27,28)(H,29,30);1H2. The maximum atomic E-state index is 11.2. The summed E-state index contributed by atoms with van der Waals surface area (Å²) in [6.45, 7) is 3.73. The molecule has 3 aromatic heterocycles. The molecule has 1 unspecified atom stereocenters. The number of hydrogen-bond acceptors (Lipinski definition) is 9. The number of rotatable bonds is 10. The number of nitro groups is 1. The Bertz CT molecular complexity index is 1350. The molecule has 0 radical (unpaired) electrons. The molecule has 1 fully saturated rings. The van der Waals surface area contributed by atoms with E-state index in [1.54, 1.807) is 18.3 Å². The molecule has 202 valence electrons. The summed E-state index contributed by atoms with van der Waals surface area (Å²) >= 11 is 0. The van der Waals surface area contributed by atoms with Crippen molar-refractivity contribution in [3.05, 3.63) is 76.5 Å². The SMILES string of the molecule is O.O=[N+]([O-])c1cnccc1NCCN1CCCC(Nc2nc3ccccc3n2Cc2ccc(CO)o2)CC1. The number of aromatic nitrogens is 3. The van der Waals surface area contributed by atoms with Crippen LogP contribution in [0.3, 0.4) is 0 Å². The van der Waals surface area contributed by atoms with Crippen LogP contribution >= 0.6 is 0 Å². The van der Waals surface area contributed by atoms with Gasteiger partial charge >= 0.3 is 5.69 Å². The summed E-state index contributed by atoms with van der Waals surface area (Å²) in [5, 5.41) is 27.4. The van der Waals surface area contributed by atoms with Crippen molar-refractivity contribution >= 4 is 28.4 Å². The van der Waals surface area contributed by atoms with E-state index in [9.17, 15) is 15.2 Å². The normalized spacial score (nSPS) is 16.1. The third-order valence-electron chi connectivity index (χ3n) is 6.74. The lowest BCUT2D eigenvalue weighted by atomic mass is 10.1. The van der Waals surface area contributed by atoms with E-state index < -0.39 is 4.92 Å². The Labute approximate surface area is 219 Å². The number of imidazole rings is 1. The molecule has 0 amide bonds. The number of fused-ring (bicyclic) bond motifs is 1. The molecule has 5 N–H and O–H groups in total. The molecule has 1 atom stereocenters. The van der Waals surface area contributed by atoms with Crippen molar-refractivity contribution in [1.82, 2.24) is 19.4 Å². The maximum Gasteiger partial charge on any atom is 0.310 e. The molecule has 1 aliphatic rings. The largest absolute Gasteiger partial charge is 0.462 e. The summed E-state index contributed by atoms with van der Waals surface area (Å²) in [6.07, 6.45) is 5.87. The first-order valence-electron chi connectivity index (χ1n) is 12.6. The first-order valence-corrected chi connectivity index (χ1v) is 12.6. The quantitative estimate of drug-likeness (QED) is 0.209. The van der Waals surface area contributed by atoms with Crippen LogP contribution in [0.15, 0.2) is 59.3 Å². The highest BCUT2D eigenvalue weighted by Crippen LogP contribution is 2.25. The first kappa shape index (κ1) is 27.0. The monoisotopic (exact) mass is 523 g/mol. The molecule has 0 saturated carbocycles. The van der Waals surface area contributed by atoms with E-state index in [4.69, 9.17) is 9.40 Å². The minimum absolute atomic E-state index is 0. The Morgan fingerprint density at radius 2 is 1.97 bits per heavy atom. The minimum atomic E-state index is -0.414. The lowest BCUT2D eigenvalue weighted by Gasteiger charge is -2.21. The average molecular weight is 524 g/mol. The van der Waals surface area contributed by atoms with E-state index in [1.807, 2.05) is 24.3 Å². The van der Waals surface area contributed by atoms with Gasteiger partial charge in [0.2, 0.25) is 5.95 Å². The minimum Gasteiger partial charge on any atom is -0.462 e. The summed E-state index contributed by atoms with van der Waals surface area (Å²) < 4.78 is 7.87. The second kappa shape index (κ2) is 12.5. The van der Waals surface area contributed by atoms with Crippen molar-refractivity contribution in [2.75, 3.05) is 36.8 Å². The third-order valence-corrected chi connectivity index (χ3v) is 6.74. The molecule has 5 rings (SSSR count). The van der Waals surface area contributed by atoms with E-state index in [0.29, 0.717) is 24.5 Å². The number of anilines is 2. The van der Waals surface area contributed by atoms with E-state index in [1.165, 1.54) is 6.20 Å². The zero-order valence-electron chi connectivity index (χ0n) is 21.0. The molecule has 0 aliphatic carbocycles. The zero-order chi connectivity index (χ0) is 25.6. The van der Waals surface area contributed by atoms with Crippen LogP contribution in [0, 0.1) is 10.1 Å². The number of hydrogen-bond donors (Lipinski definition) is 3. The summed E-state index contributed by atoms with van der Waals surface area (Å²) in [5.74, 6) is 2.13. The lowest BCUT2D eigenvalue weighted by Crippen LogP contribution is -2.31. The van der Waals surface area contributed by atoms with E-state index in [2.05, 4.69) is 31.2 Å². The van der Waals surface area contributed by atoms with Gasteiger partial charge in [0.1, 0.15) is 30.0 Å². The molecular formula is C26H33N7O5. The van der Waals surface area contributed by atoms with Gasteiger partial charge in [-0.2, -0.15) is 0 Å². The van der Waals surface area contributed by atoms with Crippen molar-refractivity contribution in [3.63, 3.8) is 0 Å². The fraction of sp³-hybridized carbons (Fsp3) is 0.385. The summed E-state index contributed by atoms with van der Waals surface area (Å²) in [7, 11) is 0. The molecule has 1 aromatic carbocycles. The van der Waals surface area contributed by atoms with Gasteiger partial charge in [-0.15, -0.1) is 0 Å². The highest BCUT2D eigenvalue weighted by molar-refractivity contribution is 5.78. The maximum absolute atomic E-state index is 11.2. The number of furan rings is 1. The summed E-state index contributed by atoms with van der Waals surface area (Å²) in [5.41, 5.74) is 2.44. The van der Waals surface area contributed by atoms with E-state index >= 15 is 0 Å². The molecule has 4 aromatic rings. The van der Waals surface area contributed by atoms with Crippen LogP contribution in [-0.4, -0.2) is 67.2 Å². The molecule has 38 heavy (non-hydrogen) atoms. The van der Waals surface area contributed by atoms with Gasteiger partial charge in [-0.25, -0.2) is 4.98 Å². The molecule has 1 saturated heterocycles. The van der Waals surface area contributed by atoms with Gasteiger partial charge in [0.05, 0.1) is 22.5 Å². The number of likely N-dealkylation sites (tertiary alicyclic amines) is 1. The number of nitrogens with zero attached hydrogens (tertiary/aromatic N) is 5. The van der Waals surface area contributed by atoms with Crippen molar-refractivity contribution in [2.24, 2.45) is 0 Å². The van der Waals surface area contributed by atoms with Crippen LogP contribution in [0.4, 0.5) is 17.3 Å². The third kappa shape index (κ3) is 6.28. The fourth-order valence-electron chi connectivity index (χ4n) is 4.83. The number of aliphatic hydroxyl groups excluding tert-OH is 1. The van der Waals surface area contributed by atoms with Gasteiger partial charge in [-0.3, -0.25) is 15.1 Å². The number of pyridine rings is 1. The molecule has 0 bridgehead atoms. The van der Waals surface area contributed by atoms with Crippen molar-refractivity contribution in [1.29, 1.82) is 0 Å². The highest BCUT2D eigenvalue weighted by Gasteiger charge is 2.21. The Kier molecular flexibility index (Phi) is 8.89. The van der Waals surface area contributed by atoms with Gasteiger partial charge in [-0.05, 0) is 56.1 Å². The molecular weight excluding hydrogens is 490 g/mol. The second-order valence-corrected chi connectivity index (χ2v) is 9.23. The molecule has 4 heterocycles. The predicted molar refractivity (Wildman–Crippen MR) is 144 cm³/mol. The van der Waals surface area contributed by atoms with Crippen LogP contribution in [0.25, 0.3) is 11.0 Å². The average Bonchev–Trinajstić information content (AvgIpc) is 3.43. The van der Waals surface area contributed by atoms with Crippen LogP contribution in [0.2, 0.25) is 0 Å². The lowest BCUT2D eigenvalue weighted by molar-refractivity contribution is -0.384. The predicted octanol–water partition coefficient (Wildman–Crippen LogP) is 3.03. The van der Waals surface area contributed by atoms with Crippen LogP contribution in [-0.2, 0) is 13.2 Å². The molecule has 12 nitrogen and oxygen atoms in total. The van der Waals surface area contributed by atoms with E-state index in [0.717, 1.165) is 61.6 Å². The topological polar surface area (TPSA) is 166 Å². The Morgan fingerprint density at radius 1 is 1.13 bits per heavy atom. The zero-order valence-corrected chi connectivity index (χ0v) is 21.0. The number of nitrogens with one attached hydrogen (secondary N) is 2. The first-order chi connectivity index (χ1) is 18.1. The molecule has 0 spiro atoms. The summed E-state index contributed by atoms with van der Waals surface area (Å²) in [4.78, 5) is 21.9. The Balaban J connectivity index is 0.00000336. The molecule has 1 aliphatic heterocycles. The Morgan fingerprint density at radius 3 is 2.79 bits per heavy atom. The highest BCUT2D eigenvalue weighted by atomic mass is 16.6. The molecule has 12 heteroatoms. The van der Waals surface area contributed by atoms with Crippen LogP contribution in [0.5, 0.6) is 0 Å². The van der Waals surface area contributed by atoms with Crippen molar-refractivity contribution < 1.29 is 19.9 Å².